The van der Waals surface area contributed by atoms with Crippen LogP contribution in [0.4, 0.5) is 0 Å². The van der Waals surface area contributed by atoms with E-state index in [0.717, 1.165) is 24.3 Å². The zero-order valence-corrected chi connectivity index (χ0v) is 11.9. The molecule has 1 aromatic carbocycles. The summed E-state index contributed by atoms with van der Waals surface area (Å²) in [6.07, 6.45) is 4.73. The summed E-state index contributed by atoms with van der Waals surface area (Å²) in [4.78, 5) is 0. The van der Waals surface area contributed by atoms with Crippen LogP contribution in [0.1, 0.15) is 44.2 Å². The van der Waals surface area contributed by atoms with Crippen LogP contribution in [0.5, 0.6) is 0 Å². The average molecular weight is 265 g/mol. The smallest absolute Gasteiger partial charge is 0.0431 e. The van der Waals surface area contributed by atoms with Crippen molar-refractivity contribution in [2.75, 3.05) is 5.75 Å². The number of hydrogen-bond acceptors (Lipinski definition) is 2. The fourth-order valence-corrected chi connectivity index (χ4v) is 4.52. The van der Waals surface area contributed by atoms with Gasteiger partial charge in [0.05, 0.1) is 0 Å². The van der Waals surface area contributed by atoms with E-state index in [1.807, 2.05) is 30.3 Å². The van der Waals surface area contributed by atoms with Crippen molar-refractivity contribution >= 4 is 10.8 Å². The van der Waals surface area contributed by atoms with Gasteiger partial charge in [-0.25, -0.2) is 0 Å². The van der Waals surface area contributed by atoms with Crippen molar-refractivity contribution in [2.45, 2.75) is 43.9 Å². The number of nitrogens with two attached hydrogens (primary N) is 1. The highest BCUT2D eigenvalue weighted by atomic mass is 32.2. The van der Waals surface area contributed by atoms with Crippen molar-refractivity contribution in [1.29, 1.82) is 0 Å². The lowest BCUT2D eigenvalue weighted by atomic mass is 9.91. The van der Waals surface area contributed by atoms with Crippen molar-refractivity contribution in [2.24, 2.45) is 11.7 Å². The number of rotatable bonds is 4. The molecule has 3 heteroatoms. The number of hydrogen-bond donors (Lipinski definition) is 1. The molecule has 4 atom stereocenters. The molecule has 0 bridgehead atoms. The molecule has 1 aliphatic carbocycles. The van der Waals surface area contributed by atoms with Gasteiger partial charge in [0.2, 0.25) is 0 Å². The first-order valence-corrected chi connectivity index (χ1v) is 8.22. The quantitative estimate of drug-likeness (QED) is 0.909. The third kappa shape index (κ3) is 3.66. The van der Waals surface area contributed by atoms with E-state index >= 15 is 0 Å². The third-order valence-electron chi connectivity index (χ3n) is 3.83. The SMILES string of the molecule is CC1CCCC(S(=O)CC(N)c2ccccc2)C1. The van der Waals surface area contributed by atoms with Gasteiger partial charge in [-0.3, -0.25) is 4.21 Å². The van der Waals surface area contributed by atoms with Gasteiger partial charge in [0.25, 0.3) is 0 Å². The number of benzene rings is 1. The molecule has 4 unspecified atom stereocenters. The fourth-order valence-electron chi connectivity index (χ4n) is 2.73. The van der Waals surface area contributed by atoms with E-state index < -0.39 is 10.8 Å². The second kappa shape index (κ2) is 6.48. The van der Waals surface area contributed by atoms with Crippen molar-refractivity contribution < 1.29 is 4.21 Å². The summed E-state index contributed by atoms with van der Waals surface area (Å²) in [5, 5.41) is 0.364. The summed E-state index contributed by atoms with van der Waals surface area (Å²) >= 11 is 0. The van der Waals surface area contributed by atoms with Crippen LogP contribution < -0.4 is 5.73 Å². The highest BCUT2D eigenvalue weighted by Crippen LogP contribution is 2.28. The first kappa shape index (κ1) is 13.8. The molecule has 2 rings (SSSR count). The van der Waals surface area contributed by atoms with Crippen LogP contribution in [0.3, 0.4) is 0 Å². The maximum absolute atomic E-state index is 12.4. The Bertz CT molecular complexity index is 393. The maximum atomic E-state index is 12.4. The maximum Gasteiger partial charge on any atom is 0.0431 e. The highest BCUT2D eigenvalue weighted by molar-refractivity contribution is 7.85. The van der Waals surface area contributed by atoms with E-state index in [4.69, 9.17) is 5.73 Å². The summed E-state index contributed by atoms with van der Waals surface area (Å²) in [5.41, 5.74) is 7.24. The van der Waals surface area contributed by atoms with Gasteiger partial charge < -0.3 is 5.73 Å². The molecule has 1 fully saturated rings. The molecule has 2 N–H and O–H groups in total. The van der Waals surface area contributed by atoms with Crippen LogP contribution in [0.25, 0.3) is 0 Å². The molecule has 0 aromatic heterocycles. The Labute approximate surface area is 112 Å². The van der Waals surface area contributed by atoms with Gasteiger partial charge in [0, 0.05) is 27.8 Å². The Morgan fingerprint density at radius 3 is 2.72 bits per heavy atom. The second-order valence-electron chi connectivity index (χ2n) is 5.46. The standard InChI is InChI=1S/C15H23NOS/c1-12-6-5-9-14(10-12)18(17)11-15(16)13-7-3-2-4-8-13/h2-4,7-8,12,14-15H,5-6,9-11,16H2,1H3. The highest BCUT2D eigenvalue weighted by Gasteiger charge is 2.25. The minimum absolute atomic E-state index is 0.0933. The van der Waals surface area contributed by atoms with Crippen molar-refractivity contribution in [1.82, 2.24) is 0 Å². The van der Waals surface area contributed by atoms with E-state index in [1.165, 1.54) is 12.8 Å². The van der Waals surface area contributed by atoms with Crippen LogP contribution >= 0.6 is 0 Å². The largest absolute Gasteiger partial charge is 0.323 e. The summed E-state index contributed by atoms with van der Waals surface area (Å²) in [7, 11) is -0.783. The Morgan fingerprint density at radius 1 is 1.33 bits per heavy atom. The molecular weight excluding hydrogens is 242 g/mol. The summed E-state index contributed by atoms with van der Waals surface area (Å²) in [6.45, 7) is 2.26. The molecular formula is C15H23NOS. The summed E-state index contributed by atoms with van der Waals surface area (Å²) < 4.78 is 12.4. The predicted molar refractivity (Wildman–Crippen MR) is 77.8 cm³/mol. The molecule has 100 valence electrons. The molecule has 0 amide bonds. The average Bonchev–Trinajstić information content (AvgIpc) is 2.39. The van der Waals surface area contributed by atoms with E-state index in [2.05, 4.69) is 6.92 Å². The Hall–Kier alpha value is -0.670. The molecule has 0 radical (unpaired) electrons. The summed E-state index contributed by atoms with van der Waals surface area (Å²) in [6, 6.07) is 9.90. The summed E-state index contributed by atoms with van der Waals surface area (Å²) in [5.74, 6) is 1.32. The van der Waals surface area contributed by atoms with Gasteiger partial charge in [-0.2, -0.15) is 0 Å². The van der Waals surface area contributed by atoms with Crippen LogP contribution in [-0.4, -0.2) is 15.2 Å². The van der Waals surface area contributed by atoms with Crippen LogP contribution in [0, 0.1) is 5.92 Å². The van der Waals surface area contributed by atoms with E-state index in [1.54, 1.807) is 0 Å². The fraction of sp³-hybridized carbons (Fsp3) is 0.600. The molecule has 1 saturated carbocycles. The topological polar surface area (TPSA) is 43.1 Å². The molecule has 18 heavy (non-hydrogen) atoms. The monoisotopic (exact) mass is 265 g/mol. The molecule has 2 nitrogen and oxygen atoms in total. The minimum atomic E-state index is -0.783. The van der Waals surface area contributed by atoms with Crippen molar-refractivity contribution in [3.63, 3.8) is 0 Å². The van der Waals surface area contributed by atoms with Crippen LogP contribution in [0.15, 0.2) is 30.3 Å². The third-order valence-corrected chi connectivity index (χ3v) is 5.69. The molecule has 1 aromatic rings. The Kier molecular flexibility index (Phi) is 4.95. The molecule has 1 aliphatic rings. The normalized spacial score (nSPS) is 27.7. The Balaban J connectivity index is 1.91. The van der Waals surface area contributed by atoms with Gasteiger partial charge in [0.1, 0.15) is 0 Å². The lowest BCUT2D eigenvalue weighted by molar-refractivity contribution is 0.389. The Morgan fingerprint density at radius 2 is 2.06 bits per heavy atom. The van der Waals surface area contributed by atoms with Gasteiger partial charge in [0.15, 0.2) is 0 Å². The second-order valence-corrected chi connectivity index (χ2v) is 7.22. The van der Waals surface area contributed by atoms with Crippen molar-refractivity contribution in [3.05, 3.63) is 35.9 Å². The first-order valence-electron chi connectivity index (χ1n) is 6.84. The van der Waals surface area contributed by atoms with Gasteiger partial charge in [-0.15, -0.1) is 0 Å². The lowest BCUT2D eigenvalue weighted by Gasteiger charge is -2.27. The van der Waals surface area contributed by atoms with Crippen LogP contribution in [-0.2, 0) is 10.8 Å². The predicted octanol–water partition coefficient (Wildman–Crippen LogP) is 3.01. The van der Waals surface area contributed by atoms with E-state index in [-0.39, 0.29) is 6.04 Å². The first-order chi connectivity index (χ1) is 8.66. The molecule has 0 heterocycles. The molecule has 0 aliphatic heterocycles. The lowest BCUT2D eigenvalue weighted by Crippen LogP contribution is -2.29. The van der Waals surface area contributed by atoms with E-state index in [9.17, 15) is 4.21 Å². The van der Waals surface area contributed by atoms with Crippen LogP contribution in [0.2, 0.25) is 0 Å². The molecule has 0 saturated heterocycles. The minimum Gasteiger partial charge on any atom is -0.323 e. The molecule has 0 spiro atoms. The van der Waals surface area contributed by atoms with Gasteiger partial charge in [-0.1, -0.05) is 50.1 Å². The van der Waals surface area contributed by atoms with Gasteiger partial charge >= 0.3 is 0 Å². The zero-order valence-electron chi connectivity index (χ0n) is 11.0. The van der Waals surface area contributed by atoms with Crippen molar-refractivity contribution in [3.8, 4) is 0 Å². The zero-order chi connectivity index (χ0) is 13.0. The van der Waals surface area contributed by atoms with Gasteiger partial charge in [-0.05, 0) is 24.3 Å². The van der Waals surface area contributed by atoms with E-state index in [0.29, 0.717) is 11.0 Å².